The second-order valence-electron chi connectivity index (χ2n) is 8.68. The zero-order valence-electron chi connectivity index (χ0n) is 18.8. The third-order valence-corrected chi connectivity index (χ3v) is 7.12. The maximum atomic E-state index is 12.6. The summed E-state index contributed by atoms with van der Waals surface area (Å²) in [5.41, 5.74) is 8.26. The SMILES string of the molecule is Cc1c(S)cc(CNC(=O)OCC2c3ccccc3-c3ccccc32)cc1N1CCNCC1. The van der Waals surface area contributed by atoms with Gasteiger partial charge in [-0.1, -0.05) is 48.5 Å². The van der Waals surface area contributed by atoms with Gasteiger partial charge in [0, 0.05) is 49.2 Å². The molecule has 0 unspecified atom stereocenters. The van der Waals surface area contributed by atoms with Crippen molar-refractivity contribution in [2.45, 2.75) is 24.3 Å². The van der Waals surface area contributed by atoms with Crippen LogP contribution in [0.15, 0.2) is 65.6 Å². The molecule has 33 heavy (non-hydrogen) atoms. The first-order chi connectivity index (χ1) is 16.1. The van der Waals surface area contributed by atoms with Gasteiger partial charge in [0.25, 0.3) is 0 Å². The molecule has 0 saturated carbocycles. The fourth-order valence-electron chi connectivity index (χ4n) is 4.90. The molecular weight excluding hydrogens is 430 g/mol. The van der Waals surface area contributed by atoms with Crippen molar-refractivity contribution in [1.82, 2.24) is 10.6 Å². The Kier molecular flexibility index (Phi) is 6.29. The second kappa shape index (κ2) is 9.49. The van der Waals surface area contributed by atoms with Crippen molar-refractivity contribution in [1.29, 1.82) is 0 Å². The number of hydrogen-bond donors (Lipinski definition) is 3. The molecule has 0 atom stereocenters. The van der Waals surface area contributed by atoms with Gasteiger partial charge in [-0.05, 0) is 52.4 Å². The third kappa shape index (κ3) is 4.45. The van der Waals surface area contributed by atoms with E-state index in [2.05, 4.69) is 77.6 Å². The van der Waals surface area contributed by atoms with E-state index in [0.717, 1.165) is 36.6 Å². The molecule has 1 saturated heterocycles. The number of anilines is 1. The largest absolute Gasteiger partial charge is 0.449 e. The van der Waals surface area contributed by atoms with Gasteiger partial charge in [0.05, 0.1) is 0 Å². The molecule has 5 rings (SSSR count). The van der Waals surface area contributed by atoms with E-state index in [1.165, 1.54) is 33.5 Å². The molecule has 1 aliphatic carbocycles. The van der Waals surface area contributed by atoms with Gasteiger partial charge in [-0.3, -0.25) is 0 Å². The Morgan fingerprint density at radius 3 is 2.36 bits per heavy atom. The fourth-order valence-corrected chi connectivity index (χ4v) is 5.18. The predicted molar refractivity (Wildman–Crippen MR) is 135 cm³/mol. The number of alkyl carbamates (subject to hydrolysis) is 1. The van der Waals surface area contributed by atoms with Crippen LogP contribution in [0.4, 0.5) is 10.5 Å². The van der Waals surface area contributed by atoms with Crippen LogP contribution >= 0.6 is 12.6 Å². The molecule has 1 aliphatic heterocycles. The lowest BCUT2D eigenvalue weighted by Crippen LogP contribution is -2.43. The highest BCUT2D eigenvalue weighted by Gasteiger charge is 2.29. The molecule has 0 bridgehead atoms. The topological polar surface area (TPSA) is 53.6 Å². The molecule has 2 N–H and O–H groups in total. The van der Waals surface area contributed by atoms with Crippen LogP contribution in [0.2, 0.25) is 0 Å². The Morgan fingerprint density at radius 2 is 1.70 bits per heavy atom. The molecule has 170 valence electrons. The van der Waals surface area contributed by atoms with Gasteiger partial charge >= 0.3 is 6.09 Å². The van der Waals surface area contributed by atoms with Crippen molar-refractivity contribution in [3.05, 3.63) is 82.9 Å². The highest BCUT2D eigenvalue weighted by molar-refractivity contribution is 7.80. The highest BCUT2D eigenvalue weighted by Crippen LogP contribution is 2.44. The maximum Gasteiger partial charge on any atom is 0.407 e. The minimum atomic E-state index is -0.401. The highest BCUT2D eigenvalue weighted by atomic mass is 32.1. The third-order valence-electron chi connectivity index (χ3n) is 6.65. The number of piperazine rings is 1. The maximum absolute atomic E-state index is 12.6. The summed E-state index contributed by atoms with van der Waals surface area (Å²) in [6.45, 7) is 6.71. The smallest absolute Gasteiger partial charge is 0.407 e. The minimum Gasteiger partial charge on any atom is -0.449 e. The Morgan fingerprint density at radius 1 is 1.06 bits per heavy atom. The first-order valence-corrected chi connectivity index (χ1v) is 11.9. The van der Waals surface area contributed by atoms with E-state index < -0.39 is 6.09 Å². The number of nitrogens with one attached hydrogen (secondary N) is 2. The van der Waals surface area contributed by atoms with Crippen LogP contribution in [-0.2, 0) is 11.3 Å². The lowest BCUT2D eigenvalue weighted by molar-refractivity contribution is 0.142. The van der Waals surface area contributed by atoms with E-state index >= 15 is 0 Å². The van der Waals surface area contributed by atoms with E-state index in [-0.39, 0.29) is 5.92 Å². The van der Waals surface area contributed by atoms with Gasteiger partial charge in [0.15, 0.2) is 0 Å². The number of ether oxygens (including phenoxy) is 1. The average Bonchev–Trinajstić information content (AvgIpc) is 3.17. The van der Waals surface area contributed by atoms with Crippen molar-refractivity contribution in [2.24, 2.45) is 0 Å². The summed E-state index contributed by atoms with van der Waals surface area (Å²) in [5.74, 6) is 0.0610. The van der Waals surface area contributed by atoms with Crippen LogP contribution in [0.1, 0.15) is 28.2 Å². The molecule has 3 aromatic rings. The van der Waals surface area contributed by atoms with E-state index in [1.807, 2.05) is 18.2 Å². The molecule has 6 heteroatoms. The first-order valence-electron chi connectivity index (χ1n) is 11.5. The number of amides is 1. The van der Waals surface area contributed by atoms with Gasteiger partial charge in [-0.2, -0.15) is 0 Å². The van der Waals surface area contributed by atoms with Gasteiger partial charge < -0.3 is 20.3 Å². The van der Waals surface area contributed by atoms with E-state index in [4.69, 9.17) is 4.74 Å². The van der Waals surface area contributed by atoms with Crippen LogP contribution in [-0.4, -0.2) is 38.9 Å². The monoisotopic (exact) mass is 459 g/mol. The van der Waals surface area contributed by atoms with Crippen molar-refractivity contribution >= 4 is 24.4 Å². The zero-order chi connectivity index (χ0) is 22.8. The standard InChI is InChI=1S/C27H29N3O2S/c1-18-25(30-12-10-28-11-13-30)14-19(15-26(18)33)16-29-27(31)32-17-24-22-8-4-2-6-20(22)21-7-3-5-9-23(21)24/h2-9,14-15,24,28,33H,10-13,16-17H2,1H3,(H,29,31). The zero-order valence-corrected chi connectivity index (χ0v) is 19.7. The van der Waals surface area contributed by atoms with Crippen molar-refractivity contribution in [3.8, 4) is 11.1 Å². The van der Waals surface area contributed by atoms with Crippen molar-refractivity contribution in [2.75, 3.05) is 37.7 Å². The summed E-state index contributed by atoms with van der Waals surface area (Å²) in [4.78, 5) is 15.9. The minimum absolute atomic E-state index is 0.0610. The number of fused-ring (bicyclic) bond motifs is 3. The number of nitrogens with zero attached hydrogens (tertiary/aromatic N) is 1. The molecule has 0 aromatic heterocycles. The van der Waals surface area contributed by atoms with Crippen LogP contribution in [0.5, 0.6) is 0 Å². The first kappa shape index (κ1) is 21.9. The number of benzene rings is 3. The predicted octanol–water partition coefficient (Wildman–Crippen LogP) is 4.73. The Labute approximate surface area is 200 Å². The molecular formula is C27H29N3O2S. The van der Waals surface area contributed by atoms with Crippen LogP contribution in [0, 0.1) is 6.92 Å². The second-order valence-corrected chi connectivity index (χ2v) is 9.16. The lowest BCUT2D eigenvalue weighted by Gasteiger charge is -2.31. The molecule has 3 aromatic carbocycles. The average molecular weight is 460 g/mol. The lowest BCUT2D eigenvalue weighted by atomic mass is 9.98. The van der Waals surface area contributed by atoms with E-state index in [0.29, 0.717) is 13.2 Å². The Balaban J connectivity index is 1.23. The summed E-state index contributed by atoms with van der Waals surface area (Å²) in [6.07, 6.45) is -0.401. The number of rotatable bonds is 5. The van der Waals surface area contributed by atoms with E-state index in [1.54, 1.807) is 0 Å². The number of carbonyl (C=O) groups is 1. The van der Waals surface area contributed by atoms with Gasteiger partial charge in [-0.15, -0.1) is 12.6 Å². The summed E-state index contributed by atoms with van der Waals surface area (Å²) < 4.78 is 5.67. The molecule has 0 spiro atoms. The van der Waals surface area contributed by atoms with Crippen LogP contribution < -0.4 is 15.5 Å². The molecule has 1 heterocycles. The normalized spacial score (nSPS) is 15.2. The molecule has 2 aliphatic rings. The summed E-state index contributed by atoms with van der Waals surface area (Å²) in [6, 6.07) is 20.9. The van der Waals surface area contributed by atoms with Gasteiger partial charge in [-0.25, -0.2) is 4.79 Å². The summed E-state index contributed by atoms with van der Waals surface area (Å²) in [7, 11) is 0. The molecule has 5 nitrogen and oxygen atoms in total. The number of carbonyl (C=O) groups excluding carboxylic acids is 1. The molecule has 1 fully saturated rings. The number of hydrogen-bond acceptors (Lipinski definition) is 5. The van der Waals surface area contributed by atoms with E-state index in [9.17, 15) is 4.79 Å². The Hall–Kier alpha value is -2.96. The number of thiol groups is 1. The van der Waals surface area contributed by atoms with Crippen LogP contribution in [0.25, 0.3) is 11.1 Å². The van der Waals surface area contributed by atoms with Crippen molar-refractivity contribution in [3.63, 3.8) is 0 Å². The molecule has 0 radical (unpaired) electrons. The van der Waals surface area contributed by atoms with Crippen molar-refractivity contribution < 1.29 is 9.53 Å². The van der Waals surface area contributed by atoms with Crippen LogP contribution in [0.3, 0.4) is 0 Å². The quantitative estimate of drug-likeness (QED) is 0.483. The summed E-state index contributed by atoms with van der Waals surface area (Å²) >= 11 is 4.67. The van der Waals surface area contributed by atoms with Gasteiger partial charge in [0.2, 0.25) is 0 Å². The molecule has 1 amide bonds. The summed E-state index contributed by atoms with van der Waals surface area (Å²) in [5, 5.41) is 6.31. The Bertz CT molecular complexity index is 1130. The van der Waals surface area contributed by atoms with Gasteiger partial charge in [0.1, 0.15) is 6.61 Å². The fraction of sp³-hybridized carbons (Fsp3) is 0.296.